The Balaban J connectivity index is 1.17. The molecule has 2 aromatic heterocycles. The molecule has 47 heavy (non-hydrogen) atoms. The van der Waals surface area contributed by atoms with Gasteiger partial charge < -0.3 is 14.8 Å². The first-order valence-corrected chi connectivity index (χ1v) is 19.0. The number of carbonyl (C=O) groups excluding carboxylic acids is 2. The fraction of sp³-hybridized carbons (Fsp3) is 0.615. The summed E-state index contributed by atoms with van der Waals surface area (Å²) in [6, 6.07) is 9.05. The van der Waals surface area contributed by atoms with E-state index in [0.717, 1.165) is 100.0 Å². The maximum Gasteiger partial charge on any atom is 0.256 e. The Morgan fingerprint density at radius 1 is 1.00 bits per heavy atom. The molecule has 3 aromatic rings. The summed E-state index contributed by atoms with van der Waals surface area (Å²) in [7, 11) is 0. The van der Waals surface area contributed by atoms with E-state index in [4.69, 9.17) is 0 Å². The van der Waals surface area contributed by atoms with Crippen molar-refractivity contribution in [2.75, 3.05) is 45.8 Å². The molecule has 6 rings (SSSR count). The summed E-state index contributed by atoms with van der Waals surface area (Å²) in [5.41, 5.74) is 5.60. The monoisotopic (exact) mass is 657 g/mol. The molecule has 2 amide bonds. The van der Waals surface area contributed by atoms with E-state index in [1.165, 1.54) is 52.6 Å². The Bertz CT molecular complexity index is 1560. The minimum absolute atomic E-state index is 0.0121. The van der Waals surface area contributed by atoms with Crippen LogP contribution in [0.4, 0.5) is 0 Å². The zero-order valence-corrected chi connectivity index (χ0v) is 30.2. The Labute approximate surface area is 285 Å². The second kappa shape index (κ2) is 14.8. The summed E-state index contributed by atoms with van der Waals surface area (Å²) >= 11 is 1.70. The zero-order valence-electron chi connectivity index (χ0n) is 29.4. The number of benzene rings is 1. The van der Waals surface area contributed by atoms with Crippen LogP contribution in [0.2, 0.25) is 0 Å². The average Bonchev–Trinajstić information content (AvgIpc) is 3.77. The third kappa shape index (κ3) is 7.60. The first kappa shape index (κ1) is 34.1. The Kier molecular flexibility index (Phi) is 10.7. The van der Waals surface area contributed by atoms with Gasteiger partial charge in [0, 0.05) is 62.3 Å². The lowest BCUT2D eigenvalue weighted by atomic mass is 9.82. The van der Waals surface area contributed by atoms with E-state index in [0.29, 0.717) is 5.91 Å². The van der Waals surface area contributed by atoms with E-state index in [-0.39, 0.29) is 11.9 Å². The molecule has 0 bridgehead atoms. The number of likely N-dealkylation sites (tertiary alicyclic amines) is 1. The number of H-pyrrole nitrogens is 1. The van der Waals surface area contributed by atoms with E-state index in [2.05, 4.69) is 69.7 Å². The number of piperazine rings is 1. The molecular formula is C39H55N5O2S. The summed E-state index contributed by atoms with van der Waals surface area (Å²) in [4.78, 5) is 44.1. The molecule has 2 aliphatic heterocycles. The highest BCUT2D eigenvalue weighted by molar-refractivity contribution is 7.19. The largest absolute Gasteiger partial charge is 0.346 e. The minimum atomic E-state index is -0.673. The summed E-state index contributed by atoms with van der Waals surface area (Å²) in [6.45, 7) is 17.2. The van der Waals surface area contributed by atoms with Gasteiger partial charge in [0.1, 0.15) is 4.83 Å². The third-order valence-electron chi connectivity index (χ3n) is 11.0. The highest BCUT2D eigenvalue weighted by Crippen LogP contribution is 2.41. The van der Waals surface area contributed by atoms with Gasteiger partial charge in [0.15, 0.2) is 0 Å². The van der Waals surface area contributed by atoms with Gasteiger partial charge in [-0.3, -0.25) is 14.5 Å². The Morgan fingerprint density at radius 2 is 1.70 bits per heavy atom. The number of aromatic amines is 1. The quantitative estimate of drug-likeness (QED) is 0.205. The minimum Gasteiger partial charge on any atom is -0.346 e. The molecule has 4 heterocycles. The maximum absolute atomic E-state index is 13.3. The van der Waals surface area contributed by atoms with Crippen LogP contribution < -0.4 is 0 Å². The van der Waals surface area contributed by atoms with Gasteiger partial charge >= 0.3 is 0 Å². The van der Waals surface area contributed by atoms with Gasteiger partial charge in [-0.05, 0) is 101 Å². The molecule has 1 saturated carbocycles. The molecule has 1 aliphatic carbocycles. The summed E-state index contributed by atoms with van der Waals surface area (Å²) < 4.78 is 0. The van der Waals surface area contributed by atoms with Gasteiger partial charge in [-0.2, -0.15) is 0 Å². The number of rotatable bonds is 12. The second-order valence-corrected chi connectivity index (χ2v) is 16.0. The van der Waals surface area contributed by atoms with Crippen molar-refractivity contribution in [2.24, 2.45) is 10.9 Å². The molecule has 1 N–H and O–H groups in total. The molecule has 3 fully saturated rings. The van der Waals surface area contributed by atoms with Crippen molar-refractivity contribution in [1.82, 2.24) is 19.7 Å². The number of nitrogens with zero attached hydrogens (tertiary/aromatic N) is 4. The second-order valence-electron chi connectivity index (χ2n) is 14.9. The number of amides is 2. The fourth-order valence-corrected chi connectivity index (χ4v) is 8.96. The molecule has 3 aliphatic rings. The molecule has 1 unspecified atom stereocenters. The molecule has 0 radical (unpaired) electrons. The van der Waals surface area contributed by atoms with Crippen molar-refractivity contribution < 1.29 is 9.59 Å². The van der Waals surface area contributed by atoms with Crippen LogP contribution in [0.3, 0.4) is 0 Å². The van der Waals surface area contributed by atoms with Crippen molar-refractivity contribution >= 4 is 39.6 Å². The average molecular weight is 658 g/mol. The highest BCUT2D eigenvalue weighted by atomic mass is 32.1. The molecule has 254 valence electrons. The lowest BCUT2D eigenvalue weighted by molar-refractivity contribution is -0.136. The van der Waals surface area contributed by atoms with Crippen LogP contribution in [-0.2, 0) is 21.4 Å². The molecule has 1 aromatic carbocycles. The zero-order chi connectivity index (χ0) is 33.1. The molecule has 2 saturated heterocycles. The summed E-state index contributed by atoms with van der Waals surface area (Å²) in [6.07, 6.45) is 12.0. The van der Waals surface area contributed by atoms with Crippen LogP contribution in [0.15, 0.2) is 29.3 Å². The number of carbonyl (C=O) groups is 2. The summed E-state index contributed by atoms with van der Waals surface area (Å²) in [5.74, 6) is 1.10. The highest BCUT2D eigenvalue weighted by Gasteiger charge is 2.34. The predicted octanol–water partition coefficient (Wildman–Crippen LogP) is 7.53. The van der Waals surface area contributed by atoms with E-state index in [9.17, 15) is 9.59 Å². The van der Waals surface area contributed by atoms with Crippen molar-refractivity contribution in [3.63, 3.8) is 0 Å². The topological polar surface area (TPSA) is 72.0 Å². The van der Waals surface area contributed by atoms with Gasteiger partial charge in [-0.1, -0.05) is 43.4 Å². The number of thiophene rings is 1. The van der Waals surface area contributed by atoms with E-state index in [1.807, 2.05) is 20.1 Å². The first-order valence-electron chi connectivity index (χ1n) is 18.2. The van der Waals surface area contributed by atoms with Gasteiger partial charge in [-0.25, -0.2) is 4.99 Å². The van der Waals surface area contributed by atoms with Crippen LogP contribution in [0, 0.1) is 19.8 Å². The third-order valence-corrected chi connectivity index (χ3v) is 12.4. The van der Waals surface area contributed by atoms with Crippen molar-refractivity contribution in [3.8, 4) is 11.3 Å². The maximum atomic E-state index is 13.3. The van der Waals surface area contributed by atoms with E-state index in [1.54, 1.807) is 11.3 Å². The fourth-order valence-electron chi connectivity index (χ4n) is 7.78. The molecule has 7 nitrogen and oxygen atoms in total. The Hall–Kier alpha value is -2.81. The van der Waals surface area contributed by atoms with Crippen LogP contribution in [0.5, 0.6) is 0 Å². The lowest BCUT2D eigenvalue weighted by Crippen LogP contribution is -2.55. The molecule has 1 atom stereocenters. The smallest absolute Gasteiger partial charge is 0.256 e. The lowest BCUT2D eigenvalue weighted by Gasteiger charge is -2.39. The summed E-state index contributed by atoms with van der Waals surface area (Å²) in [5, 5.41) is 1.23. The van der Waals surface area contributed by atoms with Crippen LogP contribution in [-0.4, -0.2) is 89.6 Å². The predicted molar refractivity (Wildman–Crippen MR) is 196 cm³/mol. The van der Waals surface area contributed by atoms with Crippen molar-refractivity contribution in [2.45, 2.75) is 104 Å². The number of aliphatic imine (C=N–C) groups is 1. The molecular weight excluding hydrogens is 603 g/mol. The van der Waals surface area contributed by atoms with Gasteiger partial charge in [0.25, 0.3) is 5.91 Å². The number of nitrogens with one attached hydrogen (secondary N) is 1. The number of hydrogen-bond acceptors (Lipinski definition) is 5. The van der Waals surface area contributed by atoms with Crippen LogP contribution >= 0.6 is 11.3 Å². The van der Waals surface area contributed by atoms with Crippen LogP contribution in [0.1, 0.15) is 93.7 Å². The standard InChI is InChI=1S/C39H55N5O2S/c1-6-33(37(45)44-16-7-8-17-44)43-21-19-42(20-22-43)18-14-31-32-26-34(39(4,5)38(46)40-15-10-13-29-11-9-12-29)47-36(32)41-35(31)30-24-27(2)23-28(3)25-30/h15,23-26,29,33,41H,6-14,16-22H2,1-5H3. The number of hydrogen-bond donors (Lipinski definition) is 1. The van der Waals surface area contributed by atoms with E-state index < -0.39 is 5.41 Å². The Morgan fingerprint density at radius 3 is 2.34 bits per heavy atom. The van der Waals surface area contributed by atoms with Crippen LogP contribution in [0.25, 0.3) is 21.5 Å². The van der Waals surface area contributed by atoms with Gasteiger partial charge in [-0.15, -0.1) is 11.3 Å². The van der Waals surface area contributed by atoms with Gasteiger partial charge in [0.2, 0.25) is 5.91 Å². The first-order chi connectivity index (χ1) is 22.6. The van der Waals surface area contributed by atoms with Crippen molar-refractivity contribution in [3.05, 3.63) is 45.8 Å². The normalized spacial score (nSPS) is 19.2. The molecule has 0 spiro atoms. The number of aryl methyl sites for hydroxylation is 2. The van der Waals surface area contributed by atoms with Crippen molar-refractivity contribution in [1.29, 1.82) is 0 Å². The van der Waals surface area contributed by atoms with E-state index >= 15 is 0 Å². The van der Waals surface area contributed by atoms with Gasteiger partial charge in [0.05, 0.1) is 17.2 Å². The SMILES string of the molecule is CCC(C(=O)N1CCCC1)N1CCN(CCc2c(-c3cc(C)cc(C)c3)[nH]c3sc(C(C)(C)C(=O)N=CCCC4CCC4)cc23)CC1. The molecule has 8 heteroatoms. The number of aromatic nitrogens is 1. The number of fused-ring (bicyclic) bond motifs is 1.